The van der Waals surface area contributed by atoms with Crippen molar-refractivity contribution in [3.05, 3.63) is 47.3 Å². The van der Waals surface area contributed by atoms with Crippen molar-refractivity contribution in [2.24, 2.45) is 0 Å². The van der Waals surface area contributed by atoms with Gasteiger partial charge in [-0.2, -0.15) is 0 Å². The number of benzene rings is 1. The van der Waals surface area contributed by atoms with E-state index in [4.69, 9.17) is 0 Å². The molecule has 2 nitrogen and oxygen atoms in total. The maximum atomic E-state index is 2.71. The van der Waals surface area contributed by atoms with Gasteiger partial charge in [0.1, 0.15) is 0 Å². The smallest absolute Gasteiger partial charge is 0.0350 e. The summed E-state index contributed by atoms with van der Waals surface area (Å²) in [5.74, 6) is 0. The Morgan fingerprint density at radius 3 is 2.45 bits per heavy atom. The van der Waals surface area contributed by atoms with E-state index in [1.165, 1.54) is 60.8 Å². The van der Waals surface area contributed by atoms with Crippen molar-refractivity contribution in [2.75, 3.05) is 26.2 Å². The summed E-state index contributed by atoms with van der Waals surface area (Å²) in [6, 6.07) is 16.1. The molecule has 3 heterocycles. The van der Waals surface area contributed by atoms with Gasteiger partial charge in [0, 0.05) is 35.4 Å². The summed E-state index contributed by atoms with van der Waals surface area (Å²) in [6.45, 7) is 6.31. The van der Waals surface area contributed by atoms with Crippen LogP contribution in [0.3, 0.4) is 0 Å². The number of hydrogen-bond acceptors (Lipinski definition) is 3. The van der Waals surface area contributed by atoms with E-state index >= 15 is 0 Å². The first-order chi connectivity index (χ1) is 10.9. The summed E-state index contributed by atoms with van der Waals surface area (Å²) < 4.78 is 0. The highest BCUT2D eigenvalue weighted by molar-refractivity contribution is 7.15. The Labute approximate surface area is 137 Å². The molecule has 0 N–H and O–H groups in total. The van der Waals surface area contributed by atoms with Crippen LogP contribution in [0.25, 0.3) is 10.4 Å². The molecular formula is C19H24N2S. The topological polar surface area (TPSA) is 6.48 Å². The number of hydrogen-bond donors (Lipinski definition) is 0. The predicted molar refractivity (Wildman–Crippen MR) is 94.2 cm³/mol. The van der Waals surface area contributed by atoms with E-state index in [9.17, 15) is 0 Å². The van der Waals surface area contributed by atoms with E-state index < -0.39 is 0 Å². The third-order valence-electron chi connectivity index (χ3n) is 4.94. The molecule has 116 valence electrons. The highest BCUT2D eigenvalue weighted by atomic mass is 32.1. The van der Waals surface area contributed by atoms with Crippen LogP contribution in [0, 0.1) is 0 Å². The molecule has 22 heavy (non-hydrogen) atoms. The van der Waals surface area contributed by atoms with E-state index in [1.54, 1.807) is 0 Å². The Hall–Kier alpha value is -1.16. The fraction of sp³-hybridized carbons (Fsp3) is 0.474. The SMILES string of the molecule is c1ccc(-c2ccc(CN3CC(N4CCCCC4)C3)s2)cc1. The lowest BCUT2D eigenvalue weighted by Gasteiger charge is -2.46. The highest BCUT2D eigenvalue weighted by Crippen LogP contribution is 2.30. The fourth-order valence-electron chi connectivity index (χ4n) is 3.63. The molecule has 2 aromatic rings. The molecule has 2 fully saturated rings. The molecule has 3 heteroatoms. The van der Waals surface area contributed by atoms with Crippen LogP contribution < -0.4 is 0 Å². The van der Waals surface area contributed by atoms with Crippen LogP contribution in [-0.4, -0.2) is 42.0 Å². The second-order valence-electron chi connectivity index (χ2n) is 6.58. The summed E-state index contributed by atoms with van der Waals surface area (Å²) in [4.78, 5) is 8.20. The minimum Gasteiger partial charge on any atom is -0.298 e. The van der Waals surface area contributed by atoms with Crippen molar-refractivity contribution in [3.63, 3.8) is 0 Å². The predicted octanol–water partition coefficient (Wildman–Crippen LogP) is 4.09. The van der Waals surface area contributed by atoms with Gasteiger partial charge in [-0.1, -0.05) is 36.8 Å². The third kappa shape index (κ3) is 3.12. The number of rotatable bonds is 4. The van der Waals surface area contributed by atoms with Gasteiger partial charge in [0.25, 0.3) is 0 Å². The van der Waals surface area contributed by atoms with Crippen LogP contribution in [0.2, 0.25) is 0 Å². The van der Waals surface area contributed by atoms with Gasteiger partial charge in [-0.3, -0.25) is 9.80 Å². The minimum atomic E-state index is 0.828. The minimum absolute atomic E-state index is 0.828. The standard InChI is InChI=1S/C19H24N2S/c1-3-7-16(8-4-1)19-10-9-18(22-19)15-20-13-17(14-20)21-11-5-2-6-12-21/h1,3-4,7-10,17H,2,5-6,11-15H2. The van der Waals surface area contributed by atoms with Crippen molar-refractivity contribution in [3.8, 4) is 10.4 Å². The number of likely N-dealkylation sites (tertiary alicyclic amines) is 2. The molecule has 0 saturated carbocycles. The Balaban J connectivity index is 1.31. The first-order valence-corrected chi connectivity index (χ1v) is 9.31. The van der Waals surface area contributed by atoms with Gasteiger partial charge in [-0.15, -0.1) is 11.3 Å². The molecule has 2 aliphatic heterocycles. The summed E-state index contributed by atoms with van der Waals surface area (Å²) in [7, 11) is 0. The lowest BCUT2D eigenvalue weighted by molar-refractivity contribution is 0.0192. The molecule has 1 aromatic heterocycles. The Morgan fingerprint density at radius 2 is 1.68 bits per heavy atom. The number of piperidine rings is 1. The summed E-state index contributed by atoms with van der Waals surface area (Å²) in [6.07, 6.45) is 4.24. The van der Waals surface area contributed by atoms with Crippen molar-refractivity contribution in [2.45, 2.75) is 31.8 Å². The molecule has 2 saturated heterocycles. The van der Waals surface area contributed by atoms with Crippen LogP contribution in [0.4, 0.5) is 0 Å². The Bertz CT molecular complexity index is 595. The van der Waals surface area contributed by atoms with Crippen molar-refractivity contribution in [1.82, 2.24) is 9.80 Å². The molecule has 0 amide bonds. The molecule has 0 atom stereocenters. The highest BCUT2D eigenvalue weighted by Gasteiger charge is 2.32. The van der Waals surface area contributed by atoms with E-state index in [2.05, 4.69) is 52.3 Å². The number of nitrogens with zero attached hydrogens (tertiary/aromatic N) is 2. The van der Waals surface area contributed by atoms with Crippen molar-refractivity contribution in [1.29, 1.82) is 0 Å². The maximum absolute atomic E-state index is 2.71. The zero-order chi connectivity index (χ0) is 14.8. The van der Waals surface area contributed by atoms with Gasteiger partial charge in [0.05, 0.1) is 0 Å². The first kappa shape index (κ1) is 14.4. The molecule has 0 spiro atoms. The zero-order valence-electron chi connectivity index (χ0n) is 13.1. The van der Waals surface area contributed by atoms with Crippen LogP contribution in [0.15, 0.2) is 42.5 Å². The van der Waals surface area contributed by atoms with E-state index in [0.717, 1.165) is 12.6 Å². The molecule has 0 radical (unpaired) electrons. The van der Waals surface area contributed by atoms with Gasteiger partial charge in [-0.25, -0.2) is 0 Å². The van der Waals surface area contributed by atoms with Gasteiger partial charge in [-0.05, 0) is 43.6 Å². The monoisotopic (exact) mass is 312 g/mol. The molecular weight excluding hydrogens is 288 g/mol. The lowest BCUT2D eigenvalue weighted by atomic mass is 10.0. The Kier molecular flexibility index (Phi) is 4.28. The fourth-order valence-corrected chi connectivity index (χ4v) is 4.68. The molecule has 1 aromatic carbocycles. The second kappa shape index (κ2) is 6.53. The summed E-state index contributed by atoms with van der Waals surface area (Å²) >= 11 is 1.95. The molecule has 0 unspecified atom stereocenters. The van der Waals surface area contributed by atoms with Gasteiger partial charge < -0.3 is 0 Å². The second-order valence-corrected chi connectivity index (χ2v) is 7.74. The first-order valence-electron chi connectivity index (χ1n) is 8.49. The maximum Gasteiger partial charge on any atom is 0.0350 e. The van der Waals surface area contributed by atoms with Crippen LogP contribution in [0.5, 0.6) is 0 Å². The molecule has 0 bridgehead atoms. The van der Waals surface area contributed by atoms with Gasteiger partial charge in [0.2, 0.25) is 0 Å². The van der Waals surface area contributed by atoms with E-state index in [-0.39, 0.29) is 0 Å². The molecule has 4 rings (SSSR count). The van der Waals surface area contributed by atoms with Crippen LogP contribution in [-0.2, 0) is 6.54 Å². The molecule has 0 aliphatic carbocycles. The van der Waals surface area contributed by atoms with Crippen LogP contribution >= 0.6 is 11.3 Å². The molecule has 2 aliphatic rings. The van der Waals surface area contributed by atoms with Crippen molar-refractivity contribution >= 4 is 11.3 Å². The van der Waals surface area contributed by atoms with Gasteiger partial charge >= 0.3 is 0 Å². The quantitative estimate of drug-likeness (QED) is 0.839. The van der Waals surface area contributed by atoms with Crippen LogP contribution in [0.1, 0.15) is 24.1 Å². The lowest BCUT2D eigenvalue weighted by Crippen LogP contribution is -2.59. The van der Waals surface area contributed by atoms with Crippen molar-refractivity contribution < 1.29 is 0 Å². The summed E-state index contributed by atoms with van der Waals surface area (Å²) in [5, 5.41) is 0. The third-order valence-corrected chi connectivity index (χ3v) is 6.06. The average Bonchev–Trinajstić information content (AvgIpc) is 3.01. The zero-order valence-corrected chi connectivity index (χ0v) is 13.9. The largest absolute Gasteiger partial charge is 0.298 e. The average molecular weight is 312 g/mol. The summed E-state index contributed by atoms with van der Waals surface area (Å²) in [5.41, 5.74) is 1.34. The number of thiophene rings is 1. The normalized spacial score (nSPS) is 20.9. The van der Waals surface area contributed by atoms with Gasteiger partial charge in [0.15, 0.2) is 0 Å². The van der Waals surface area contributed by atoms with E-state index in [0.29, 0.717) is 0 Å². The van der Waals surface area contributed by atoms with E-state index in [1.807, 2.05) is 11.3 Å². The Morgan fingerprint density at radius 1 is 0.909 bits per heavy atom.